The summed E-state index contributed by atoms with van der Waals surface area (Å²) in [7, 11) is 0. The van der Waals surface area contributed by atoms with Crippen LogP contribution in [0.4, 0.5) is 16.2 Å². The molecule has 5 aromatic rings. The van der Waals surface area contributed by atoms with E-state index in [1.165, 1.54) is 0 Å². The molecule has 5 rings (SSSR count). The molecule has 10 nitrogen and oxygen atoms in total. The molecule has 1 heterocycles. The maximum absolute atomic E-state index is 14.0. The number of hydrogen-bond acceptors (Lipinski definition) is 7. The second-order valence-electron chi connectivity index (χ2n) is 12.1. The number of nitrogens with one attached hydrogen (secondary N) is 2. The van der Waals surface area contributed by atoms with E-state index in [2.05, 4.69) is 15.6 Å². The summed E-state index contributed by atoms with van der Waals surface area (Å²) < 4.78 is 0. The summed E-state index contributed by atoms with van der Waals surface area (Å²) in [6.45, 7) is 1.65. The van der Waals surface area contributed by atoms with Crippen molar-refractivity contribution in [2.45, 2.75) is 50.9 Å². The molecule has 3 amide bonds. The second-order valence-corrected chi connectivity index (χ2v) is 12.1. The van der Waals surface area contributed by atoms with Crippen LogP contribution in [-0.2, 0) is 19.4 Å². The molecule has 0 fully saturated rings. The zero-order valence-electron chi connectivity index (χ0n) is 27.7. The lowest BCUT2D eigenvalue weighted by molar-refractivity contribution is -0.246. The van der Waals surface area contributed by atoms with Crippen molar-refractivity contribution >= 4 is 29.3 Å². The Morgan fingerprint density at radius 3 is 2.02 bits per heavy atom. The fourth-order valence-corrected chi connectivity index (χ4v) is 5.91. The molecule has 0 aliphatic rings. The lowest BCUT2D eigenvalue weighted by atomic mass is 9.93. The fraction of sp³-hybridized carbons (Fsp3) is 0.200. The monoisotopic (exact) mass is 670 g/mol. The second kappa shape index (κ2) is 16.9. The lowest BCUT2D eigenvalue weighted by Gasteiger charge is -2.30. The quantitative estimate of drug-likeness (QED) is 0.127. The highest BCUT2D eigenvalue weighted by Crippen LogP contribution is 2.24. The van der Waals surface area contributed by atoms with Crippen molar-refractivity contribution in [3.05, 3.63) is 161 Å². The largest absolute Gasteiger partial charge is 0.530 e. The maximum atomic E-state index is 14.0. The van der Waals surface area contributed by atoms with Gasteiger partial charge in [0.05, 0.1) is 35.6 Å². The summed E-state index contributed by atoms with van der Waals surface area (Å²) in [5.74, 6) is -0.900. The van der Waals surface area contributed by atoms with Gasteiger partial charge >= 0.3 is 0 Å². The van der Waals surface area contributed by atoms with Gasteiger partial charge in [-0.15, -0.1) is 0 Å². The number of anilines is 2. The summed E-state index contributed by atoms with van der Waals surface area (Å²) in [5.41, 5.74) is 10.2. The summed E-state index contributed by atoms with van der Waals surface area (Å²) in [6.07, 6.45) is -0.238. The molecule has 0 unspecified atom stereocenters. The van der Waals surface area contributed by atoms with Crippen LogP contribution in [0.15, 0.2) is 128 Å². The Bertz CT molecular complexity index is 1890. The van der Waals surface area contributed by atoms with Gasteiger partial charge in [-0.25, -0.2) is 0 Å². The Hall–Kier alpha value is -6.00. The van der Waals surface area contributed by atoms with Crippen LogP contribution < -0.4 is 26.4 Å². The van der Waals surface area contributed by atoms with Gasteiger partial charge in [-0.2, -0.15) is 0 Å². The predicted octanol–water partition coefficient (Wildman–Crippen LogP) is 4.46. The van der Waals surface area contributed by atoms with E-state index in [1.54, 1.807) is 73.8 Å². The van der Waals surface area contributed by atoms with Gasteiger partial charge in [-0.1, -0.05) is 84.9 Å². The van der Waals surface area contributed by atoms with Gasteiger partial charge < -0.3 is 36.3 Å². The number of carbonyl (C=O) groups excluding carboxylic acids is 3. The Kier molecular flexibility index (Phi) is 11.9. The predicted molar refractivity (Wildman–Crippen MR) is 191 cm³/mol. The number of nitrogen functional groups attached to an aromatic ring is 1. The number of carbonyl (C=O) groups is 3. The van der Waals surface area contributed by atoms with E-state index in [0.29, 0.717) is 35.3 Å². The number of nitrogens with zero attached hydrogens (tertiary/aromatic N) is 2. The van der Waals surface area contributed by atoms with Crippen molar-refractivity contribution in [3.63, 3.8) is 0 Å². The number of benzene rings is 4. The first kappa shape index (κ1) is 35.3. The van der Waals surface area contributed by atoms with Gasteiger partial charge in [-0.05, 0) is 79.3 Å². The molecule has 0 saturated carbocycles. The van der Waals surface area contributed by atoms with E-state index in [0.717, 1.165) is 16.0 Å². The molecular weight excluding hydrogens is 630 g/mol. The summed E-state index contributed by atoms with van der Waals surface area (Å²) >= 11 is 0. The minimum atomic E-state index is -1.48. The number of nitrogens with two attached hydrogens (primary N) is 1. The van der Waals surface area contributed by atoms with E-state index in [-0.39, 0.29) is 30.1 Å². The number of aliphatic hydroxyl groups is 1. The van der Waals surface area contributed by atoms with Crippen molar-refractivity contribution in [1.29, 1.82) is 0 Å². The molecule has 50 heavy (non-hydrogen) atoms. The third kappa shape index (κ3) is 9.33. The molecule has 1 aromatic heterocycles. The summed E-state index contributed by atoms with van der Waals surface area (Å²) in [4.78, 5) is 45.1. The number of carboxylic acid groups (broad SMARTS) is 1. The van der Waals surface area contributed by atoms with Crippen LogP contribution in [0.1, 0.15) is 49.5 Å². The van der Waals surface area contributed by atoms with E-state index < -0.39 is 30.2 Å². The first-order chi connectivity index (χ1) is 24.2. The molecule has 5 N–H and O–H groups in total. The van der Waals surface area contributed by atoms with Gasteiger partial charge in [0.2, 0.25) is 0 Å². The van der Waals surface area contributed by atoms with Crippen molar-refractivity contribution in [2.24, 2.45) is 0 Å². The molecular formula is C40H40N5O5-. The molecule has 0 bridgehead atoms. The van der Waals surface area contributed by atoms with Crippen LogP contribution in [-0.4, -0.2) is 46.2 Å². The Balaban J connectivity index is 1.42. The molecule has 0 aliphatic heterocycles. The average Bonchev–Trinajstić information content (AvgIpc) is 3.12. The number of rotatable bonds is 14. The maximum Gasteiger partial charge on any atom is 0.253 e. The topological polar surface area (TPSA) is 161 Å². The first-order valence-electron chi connectivity index (χ1n) is 16.4. The summed E-state index contributed by atoms with van der Waals surface area (Å²) in [5, 5.41) is 30.2. The van der Waals surface area contributed by atoms with Crippen LogP contribution in [0.2, 0.25) is 0 Å². The smallest absolute Gasteiger partial charge is 0.253 e. The standard InChI is InChI=1S/C40H41N5O5/c1-27-32(19-12-20-34(27)41)38(47)44-35(24-29-15-6-3-7-16-29)37(46)25-31(23-28-13-4-2-5-14-28)43-39(48)33-18-8-9-21-36(33)45(40(49)50)26-30-17-10-11-22-42-30/h2-22,31,35,37,46H,23-26,41H2,1H3,(H,43,48)(H,44,47)(H,49,50)/p-1/t31-,35-,37-/m0/s1. The van der Waals surface area contributed by atoms with E-state index >= 15 is 0 Å². The number of para-hydroxylation sites is 1. The van der Waals surface area contributed by atoms with Crippen LogP contribution >= 0.6 is 0 Å². The van der Waals surface area contributed by atoms with Crippen molar-refractivity contribution < 1.29 is 24.6 Å². The third-order valence-corrected chi connectivity index (χ3v) is 8.59. The molecule has 0 spiro atoms. The zero-order valence-corrected chi connectivity index (χ0v) is 27.7. The Morgan fingerprint density at radius 1 is 0.760 bits per heavy atom. The van der Waals surface area contributed by atoms with Gasteiger partial charge in [-0.3, -0.25) is 14.6 Å². The average molecular weight is 671 g/mol. The van der Waals surface area contributed by atoms with Gasteiger partial charge in [0, 0.05) is 23.5 Å². The fourth-order valence-electron chi connectivity index (χ4n) is 5.91. The highest BCUT2D eigenvalue weighted by atomic mass is 16.4. The van der Waals surface area contributed by atoms with Gasteiger partial charge in [0.25, 0.3) is 11.8 Å². The molecule has 256 valence electrons. The normalized spacial score (nSPS) is 12.7. The van der Waals surface area contributed by atoms with Crippen LogP contribution in [0.25, 0.3) is 0 Å². The first-order valence-corrected chi connectivity index (χ1v) is 16.4. The van der Waals surface area contributed by atoms with E-state index in [9.17, 15) is 24.6 Å². The summed E-state index contributed by atoms with van der Waals surface area (Å²) in [6, 6.07) is 34.4. The Labute approximate surface area is 291 Å². The minimum Gasteiger partial charge on any atom is -0.530 e. The molecule has 3 atom stereocenters. The van der Waals surface area contributed by atoms with Crippen molar-refractivity contribution in [2.75, 3.05) is 10.6 Å². The number of amides is 3. The highest BCUT2D eigenvalue weighted by Gasteiger charge is 2.28. The third-order valence-electron chi connectivity index (χ3n) is 8.59. The van der Waals surface area contributed by atoms with Crippen LogP contribution in [0.3, 0.4) is 0 Å². The zero-order chi connectivity index (χ0) is 35.5. The minimum absolute atomic E-state index is 0.0780. The SMILES string of the molecule is Cc1c(N)cccc1C(=O)N[C@@H](Cc1ccccc1)[C@@H](O)C[C@H](Cc1ccccc1)NC(=O)c1ccccc1N(Cc1ccccn1)C(=O)[O-]. The molecule has 4 aromatic carbocycles. The van der Waals surface area contributed by atoms with E-state index in [1.807, 2.05) is 60.7 Å². The van der Waals surface area contributed by atoms with Gasteiger partial charge in [0.1, 0.15) is 6.09 Å². The van der Waals surface area contributed by atoms with Crippen LogP contribution in [0, 0.1) is 6.92 Å². The Morgan fingerprint density at radius 2 is 1.36 bits per heavy atom. The number of aromatic nitrogens is 1. The molecule has 0 radical (unpaired) electrons. The van der Waals surface area contributed by atoms with Gasteiger partial charge in [0.15, 0.2) is 0 Å². The number of aliphatic hydroxyl groups excluding tert-OH is 1. The van der Waals surface area contributed by atoms with E-state index in [4.69, 9.17) is 5.73 Å². The molecule has 10 heteroatoms. The molecule has 0 aliphatic carbocycles. The van der Waals surface area contributed by atoms with Crippen molar-refractivity contribution in [3.8, 4) is 0 Å². The lowest BCUT2D eigenvalue weighted by Crippen LogP contribution is -2.49. The number of hydrogen-bond donors (Lipinski definition) is 4. The van der Waals surface area contributed by atoms with Crippen molar-refractivity contribution in [1.82, 2.24) is 15.6 Å². The molecule has 0 saturated heterocycles. The number of pyridine rings is 1. The highest BCUT2D eigenvalue weighted by molar-refractivity contribution is 6.03. The van der Waals surface area contributed by atoms with Crippen LogP contribution in [0.5, 0.6) is 0 Å².